The van der Waals surface area contributed by atoms with E-state index >= 15 is 0 Å². The second-order valence-corrected chi connectivity index (χ2v) is 3.98. The summed E-state index contributed by atoms with van der Waals surface area (Å²) in [4.78, 5) is 32.7. The maximum Gasteiger partial charge on any atom is 0.224 e. The molecule has 1 fully saturated rings. The molecule has 1 aliphatic heterocycles. The van der Waals surface area contributed by atoms with E-state index in [0.29, 0.717) is 0 Å². The van der Waals surface area contributed by atoms with Gasteiger partial charge in [-0.3, -0.25) is 14.4 Å². The Morgan fingerprint density at radius 1 is 1.27 bits per heavy atom. The summed E-state index contributed by atoms with van der Waals surface area (Å²) in [5.41, 5.74) is 0. The van der Waals surface area contributed by atoms with Gasteiger partial charge in [0.1, 0.15) is 12.2 Å². The first-order chi connectivity index (χ1) is 6.85. The van der Waals surface area contributed by atoms with Gasteiger partial charge >= 0.3 is 0 Å². The van der Waals surface area contributed by atoms with Crippen molar-refractivity contribution in [2.75, 3.05) is 0 Å². The second kappa shape index (κ2) is 4.20. The van der Waals surface area contributed by atoms with Gasteiger partial charge in [-0.15, -0.1) is 0 Å². The van der Waals surface area contributed by atoms with Crippen LogP contribution in [0.5, 0.6) is 0 Å². The number of hydrogen-bond donors (Lipinski definition) is 0. The lowest BCUT2D eigenvalue weighted by Gasteiger charge is -2.38. The molecule has 0 saturated carbocycles. The summed E-state index contributed by atoms with van der Waals surface area (Å²) in [7, 11) is 0. The fourth-order valence-electron chi connectivity index (χ4n) is 1.50. The molecule has 0 radical (unpaired) electrons. The molecular formula is C10H14O5. The third-order valence-electron chi connectivity index (χ3n) is 2.17. The van der Waals surface area contributed by atoms with Crippen LogP contribution in [-0.2, 0) is 23.9 Å². The predicted octanol–water partition coefficient (Wildman–Crippen LogP) is 0.254. The van der Waals surface area contributed by atoms with Crippen molar-refractivity contribution in [2.24, 2.45) is 0 Å². The zero-order valence-corrected chi connectivity index (χ0v) is 8.98. The zero-order chi connectivity index (χ0) is 11.6. The van der Waals surface area contributed by atoms with Crippen molar-refractivity contribution < 1.29 is 23.9 Å². The summed E-state index contributed by atoms with van der Waals surface area (Å²) in [6.07, 6.45) is -1.23. The molecule has 84 valence electrons. The van der Waals surface area contributed by atoms with Crippen LogP contribution in [0.1, 0.15) is 27.2 Å². The number of rotatable bonds is 3. The number of ketones is 2. The normalized spacial score (nSPS) is 29.5. The minimum Gasteiger partial charge on any atom is -0.339 e. The molecule has 0 aromatic carbocycles. The SMILES string of the molecule is CC(=O)C1CC(C(=O)C=O)OC(C)(C)O1. The van der Waals surface area contributed by atoms with E-state index in [0.717, 1.165) is 0 Å². The monoisotopic (exact) mass is 214 g/mol. The van der Waals surface area contributed by atoms with Gasteiger partial charge in [0.05, 0.1) is 0 Å². The van der Waals surface area contributed by atoms with Crippen molar-refractivity contribution in [1.82, 2.24) is 0 Å². The van der Waals surface area contributed by atoms with E-state index < -0.39 is 23.8 Å². The average molecular weight is 214 g/mol. The lowest BCUT2D eigenvalue weighted by molar-refractivity contribution is -0.285. The molecule has 2 unspecified atom stereocenters. The Labute approximate surface area is 87.7 Å². The number of ether oxygens (including phenoxy) is 2. The lowest BCUT2D eigenvalue weighted by Crippen LogP contribution is -2.49. The largest absolute Gasteiger partial charge is 0.339 e. The molecule has 5 heteroatoms. The molecule has 0 bridgehead atoms. The van der Waals surface area contributed by atoms with E-state index in [2.05, 4.69) is 0 Å². The van der Waals surface area contributed by atoms with Crippen LogP contribution < -0.4 is 0 Å². The molecule has 1 rings (SSSR count). The van der Waals surface area contributed by atoms with Crippen LogP contribution in [0, 0.1) is 0 Å². The Bertz CT molecular complexity index is 294. The quantitative estimate of drug-likeness (QED) is 0.497. The fourth-order valence-corrected chi connectivity index (χ4v) is 1.50. The molecule has 0 aliphatic carbocycles. The third-order valence-corrected chi connectivity index (χ3v) is 2.17. The van der Waals surface area contributed by atoms with E-state index in [1.807, 2.05) is 0 Å². The van der Waals surface area contributed by atoms with E-state index in [-0.39, 0.29) is 18.5 Å². The highest BCUT2D eigenvalue weighted by Gasteiger charge is 2.40. The first-order valence-corrected chi connectivity index (χ1v) is 4.71. The van der Waals surface area contributed by atoms with Crippen LogP contribution in [0.25, 0.3) is 0 Å². The topological polar surface area (TPSA) is 69.7 Å². The molecule has 1 heterocycles. The molecule has 5 nitrogen and oxygen atoms in total. The van der Waals surface area contributed by atoms with E-state index in [1.165, 1.54) is 6.92 Å². The average Bonchev–Trinajstić information content (AvgIpc) is 2.14. The predicted molar refractivity (Wildman–Crippen MR) is 50.2 cm³/mol. The van der Waals surface area contributed by atoms with Crippen molar-refractivity contribution in [3.05, 3.63) is 0 Å². The van der Waals surface area contributed by atoms with Gasteiger partial charge in [-0.25, -0.2) is 0 Å². The van der Waals surface area contributed by atoms with Crippen molar-refractivity contribution >= 4 is 17.9 Å². The van der Waals surface area contributed by atoms with Gasteiger partial charge in [-0.2, -0.15) is 0 Å². The minimum atomic E-state index is -1.02. The Kier molecular flexibility index (Phi) is 3.36. The molecule has 1 aliphatic rings. The van der Waals surface area contributed by atoms with Crippen LogP contribution in [0.15, 0.2) is 0 Å². The first kappa shape index (κ1) is 12.0. The fraction of sp³-hybridized carbons (Fsp3) is 0.700. The molecule has 1 saturated heterocycles. The van der Waals surface area contributed by atoms with Crippen LogP contribution in [0.2, 0.25) is 0 Å². The molecule has 15 heavy (non-hydrogen) atoms. The van der Waals surface area contributed by atoms with E-state index in [4.69, 9.17) is 9.47 Å². The maximum absolute atomic E-state index is 11.2. The van der Waals surface area contributed by atoms with Gasteiger partial charge in [0.25, 0.3) is 0 Å². The second-order valence-electron chi connectivity index (χ2n) is 3.98. The van der Waals surface area contributed by atoms with Gasteiger partial charge in [0.2, 0.25) is 5.78 Å². The molecule has 0 aromatic rings. The van der Waals surface area contributed by atoms with Crippen molar-refractivity contribution in [3.63, 3.8) is 0 Å². The summed E-state index contributed by atoms with van der Waals surface area (Å²) in [5.74, 6) is -1.84. The molecule has 0 amide bonds. The van der Waals surface area contributed by atoms with Crippen molar-refractivity contribution in [2.45, 2.75) is 45.2 Å². The van der Waals surface area contributed by atoms with Gasteiger partial charge in [-0.1, -0.05) is 0 Å². The summed E-state index contributed by atoms with van der Waals surface area (Å²) >= 11 is 0. The van der Waals surface area contributed by atoms with Gasteiger partial charge in [0, 0.05) is 6.42 Å². The smallest absolute Gasteiger partial charge is 0.224 e. The summed E-state index contributed by atoms with van der Waals surface area (Å²) in [6.45, 7) is 4.59. The van der Waals surface area contributed by atoms with Crippen molar-refractivity contribution in [3.8, 4) is 0 Å². The number of Topliss-reactive ketones (excluding diaryl/α,β-unsaturated/α-hetero) is 2. The number of carbonyl (C=O) groups excluding carboxylic acids is 3. The van der Waals surface area contributed by atoms with Crippen LogP contribution in [0.3, 0.4) is 0 Å². The summed E-state index contributed by atoms with van der Waals surface area (Å²) in [5, 5.41) is 0. The summed E-state index contributed by atoms with van der Waals surface area (Å²) in [6, 6.07) is 0. The molecule has 0 spiro atoms. The van der Waals surface area contributed by atoms with Crippen LogP contribution in [0.4, 0.5) is 0 Å². The Balaban J connectivity index is 2.80. The van der Waals surface area contributed by atoms with Gasteiger partial charge < -0.3 is 9.47 Å². The highest BCUT2D eigenvalue weighted by atomic mass is 16.7. The van der Waals surface area contributed by atoms with Crippen LogP contribution >= 0.6 is 0 Å². The molecule has 0 N–H and O–H groups in total. The first-order valence-electron chi connectivity index (χ1n) is 4.71. The van der Waals surface area contributed by atoms with Gasteiger partial charge in [-0.05, 0) is 20.8 Å². The van der Waals surface area contributed by atoms with E-state index in [9.17, 15) is 14.4 Å². The number of carbonyl (C=O) groups is 3. The highest BCUT2D eigenvalue weighted by Crippen LogP contribution is 2.27. The highest BCUT2D eigenvalue weighted by molar-refractivity contribution is 6.27. The molecule has 0 aromatic heterocycles. The zero-order valence-electron chi connectivity index (χ0n) is 8.98. The Morgan fingerprint density at radius 3 is 2.27 bits per heavy atom. The standard InChI is InChI=1S/C10H14O5/c1-6(12)8-4-9(7(13)5-11)15-10(2,3)14-8/h5,8-9H,4H2,1-3H3. The van der Waals surface area contributed by atoms with Gasteiger partial charge in [0.15, 0.2) is 17.9 Å². The van der Waals surface area contributed by atoms with Crippen molar-refractivity contribution in [1.29, 1.82) is 0 Å². The third kappa shape index (κ3) is 2.94. The van der Waals surface area contributed by atoms with E-state index in [1.54, 1.807) is 13.8 Å². The number of aldehydes is 1. The summed E-state index contributed by atoms with van der Waals surface area (Å²) < 4.78 is 10.6. The maximum atomic E-state index is 11.2. The molecule has 2 atom stereocenters. The molecular weight excluding hydrogens is 200 g/mol. The Hall–Kier alpha value is -1.07. The Morgan fingerprint density at radius 2 is 1.80 bits per heavy atom. The number of hydrogen-bond acceptors (Lipinski definition) is 5. The van der Waals surface area contributed by atoms with Crippen LogP contribution in [-0.4, -0.2) is 35.8 Å². The lowest BCUT2D eigenvalue weighted by atomic mass is 10.0. The minimum absolute atomic E-state index is 0.107.